The van der Waals surface area contributed by atoms with Gasteiger partial charge in [0.15, 0.2) is 0 Å². The smallest absolute Gasteiger partial charge is 0.310 e. The molecule has 13 aromatic rings. The van der Waals surface area contributed by atoms with E-state index in [1.165, 1.54) is 27.8 Å². The summed E-state index contributed by atoms with van der Waals surface area (Å²) in [6, 6.07) is 101. The fourth-order valence-corrected chi connectivity index (χ4v) is 15.2. The van der Waals surface area contributed by atoms with Crippen LogP contribution in [0.3, 0.4) is 0 Å². The quantitative estimate of drug-likeness (QED) is 0.135. The molecule has 2 aromatic heterocycles. The second-order valence-corrected chi connectivity index (χ2v) is 28.9. The van der Waals surface area contributed by atoms with Crippen molar-refractivity contribution in [3.05, 3.63) is 321 Å². The zero-order chi connectivity index (χ0) is 64.1. The number of anilines is 6. The first-order valence-electron chi connectivity index (χ1n) is 32.2. The Morgan fingerprint density at radius 2 is 0.903 bits per heavy atom. The summed E-state index contributed by atoms with van der Waals surface area (Å²) in [6.07, 6.45) is 2.05. The van der Waals surface area contributed by atoms with Crippen LogP contribution in [0.25, 0.3) is 55.8 Å². The molecule has 1 spiro atoms. The third-order valence-electron chi connectivity index (χ3n) is 18.8. The summed E-state index contributed by atoms with van der Waals surface area (Å²) >= 11 is 2.51. The van der Waals surface area contributed by atoms with Crippen LogP contribution in [0.1, 0.15) is 107 Å². The number of aromatic nitrogens is 3. The van der Waals surface area contributed by atoms with Crippen molar-refractivity contribution < 1.29 is 24.1 Å². The van der Waals surface area contributed by atoms with E-state index < -0.39 is 5.41 Å². The third kappa shape index (κ3) is 10.1. The van der Waals surface area contributed by atoms with Crippen molar-refractivity contribution in [2.24, 2.45) is 0 Å². The molecule has 7 heteroatoms. The van der Waals surface area contributed by atoms with Gasteiger partial charge >= 0.3 is 306 Å². The molecule has 93 heavy (non-hydrogen) atoms. The van der Waals surface area contributed by atoms with Gasteiger partial charge in [0.1, 0.15) is 0 Å². The van der Waals surface area contributed by atoms with Crippen molar-refractivity contribution in [3.8, 4) is 56.3 Å². The summed E-state index contributed by atoms with van der Waals surface area (Å²) in [4.78, 5) is 10.3. The summed E-state index contributed by atoms with van der Waals surface area (Å²) in [5, 5.41) is 0. The number of pyridine rings is 1. The monoisotopic (exact) mass is 1390 g/mol. The van der Waals surface area contributed by atoms with E-state index >= 15 is 0 Å². The van der Waals surface area contributed by atoms with E-state index in [2.05, 4.69) is 368 Å². The molecule has 0 unspecified atom stereocenters. The molecule has 15 rings (SSSR count). The van der Waals surface area contributed by atoms with Gasteiger partial charge in [0.2, 0.25) is 0 Å². The fraction of sp³-hybridized carbons (Fsp3) is 0.163. The summed E-state index contributed by atoms with van der Waals surface area (Å²) in [5.41, 5.74) is 24.5. The second-order valence-electron chi connectivity index (χ2n) is 27.8. The molecule has 0 aliphatic carbocycles. The molecule has 0 saturated heterocycles. The molecule has 2 aliphatic rings. The van der Waals surface area contributed by atoms with E-state index in [0.717, 1.165) is 111 Å². The Morgan fingerprint density at radius 3 is 1.49 bits per heavy atom. The molecular formula is C86H73N5OPt-2. The Balaban J connectivity index is 0.937. The number of rotatable bonds is 9. The van der Waals surface area contributed by atoms with Crippen molar-refractivity contribution in [3.63, 3.8) is 0 Å². The van der Waals surface area contributed by atoms with Crippen LogP contribution >= 0.6 is 0 Å². The Bertz CT molecular complexity index is 4980. The average molecular weight is 1390 g/mol. The van der Waals surface area contributed by atoms with Gasteiger partial charge in [-0.3, -0.25) is 0 Å². The summed E-state index contributed by atoms with van der Waals surface area (Å²) in [7, 11) is 0. The van der Waals surface area contributed by atoms with E-state index in [0.29, 0.717) is 11.5 Å². The minimum atomic E-state index is -0.850. The minimum Gasteiger partial charge on any atom is -0.310 e. The SMILES string of the molecule is Cc1cc(N2c3[c-]c(Oc4[c-]c(-n5[c](=[Pt])n(-c6c(-c7ccccc7)cccc6-c6ccccc6)c6ccccc65)ccc4)ccc3C3(c4ccccc42)c2ccc(C(C)(C)C)cc2N(c2ccccc2)c2cc(C(C)(C)C)ccc23)ncc1-c1ccc(C(C)(C)C)cc1. The Labute approximate surface area is 558 Å². The molecule has 0 atom stereocenters. The predicted octanol–water partition coefficient (Wildman–Crippen LogP) is 22.4. The van der Waals surface area contributed by atoms with Crippen molar-refractivity contribution in [2.75, 3.05) is 9.80 Å². The molecular weight excluding hydrogens is 1310 g/mol. The van der Waals surface area contributed by atoms with Crippen LogP contribution in [-0.2, 0) is 41.0 Å². The van der Waals surface area contributed by atoms with Crippen LogP contribution < -0.4 is 14.5 Å². The third-order valence-corrected chi connectivity index (χ3v) is 19.9. The van der Waals surface area contributed by atoms with Gasteiger partial charge in [-0.05, 0) is 75.3 Å². The second kappa shape index (κ2) is 22.8. The molecule has 11 aromatic carbocycles. The van der Waals surface area contributed by atoms with E-state index in [4.69, 9.17) is 9.72 Å². The number of fused-ring (bicyclic) bond motifs is 9. The van der Waals surface area contributed by atoms with Gasteiger partial charge in [-0.2, -0.15) is 0 Å². The van der Waals surface area contributed by atoms with Gasteiger partial charge < -0.3 is 4.90 Å². The first kappa shape index (κ1) is 59.4. The van der Waals surface area contributed by atoms with Crippen molar-refractivity contribution >= 4 is 45.3 Å². The number of para-hydroxylation sites is 5. The first-order valence-corrected chi connectivity index (χ1v) is 33.3. The van der Waals surface area contributed by atoms with Crippen molar-refractivity contribution in [1.82, 2.24) is 14.1 Å². The molecule has 2 aliphatic heterocycles. The number of ether oxygens (including phenoxy) is 1. The summed E-state index contributed by atoms with van der Waals surface area (Å²) in [5.74, 6) is 1.89. The molecule has 0 amide bonds. The Kier molecular flexibility index (Phi) is 14.5. The standard InChI is InChI=1S/C86H73N5O.Pt/c1-57-50-81(87-55-70(57)60-40-42-61(43-41-60)83(2,3)4)91-75-37-21-20-36-71(75)86(72-47-44-62(84(5,6)7)51-78(72)90(64-30-18-13-19-31-64)79-52-63(85(8,9)10)45-48-73(79)86)74-49-46-67(54-80(74)91)92-66-33-24-32-65(53-66)88-56-89(77-39-23-22-38-76(77)88)82-68(58-26-14-11-15-27-58)34-25-35-69(82)59-28-16-12-17-29-59;/h11-52,55H,1-10H3;/q-2;. The molecule has 0 N–H and O–H groups in total. The van der Waals surface area contributed by atoms with Crippen molar-refractivity contribution in [2.45, 2.75) is 90.9 Å². The normalized spacial score (nSPS) is 13.4. The van der Waals surface area contributed by atoms with Gasteiger partial charge in [0, 0.05) is 17.4 Å². The number of nitrogens with zero attached hydrogens (tertiary/aromatic N) is 5. The fourth-order valence-electron chi connectivity index (χ4n) is 14.1. The zero-order valence-electron chi connectivity index (χ0n) is 54.3. The van der Waals surface area contributed by atoms with E-state index in [-0.39, 0.29) is 16.2 Å². The molecule has 6 nitrogen and oxygen atoms in total. The van der Waals surface area contributed by atoms with Gasteiger partial charge in [0.25, 0.3) is 0 Å². The molecule has 0 radical (unpaired) electrons. The molecule has 0 bridgehead atoms. The van der Waals surface area contributed by atoms with Crippen LogP contribution in [0.5, 0.6) is 11.5 Å². The minimum absolute atomic E-state index is 0.0361. The molecule has 0 saturated carbocycles. The van der Waals surface area contributed by atoms with E-state index in [9.17, 15) is 0 Å². The number of benzene rings is 11. The number of hydrogen-bond acceptors (Lipinski definition) is 4. The Morgan fingerprint density at radius 1 is 0.409 bits per heavy atom. The van der Waals surface area contributed by atoms with Gasteiger partial charge in [-0.15, -0.1) is 0 Å². The van der Waals surface area contributed by atoms with Crippen LogP contribution in [0.15, 0.2) is 261 Å². The van der Waals surface area contributed by atoms with E-state index in [1.54, 1.807) is 0 Å². The van der Waals surface area contributed by atoms with Gasteiger partial charge in [0.05, 0.1) is 11.4 Å². The number of imidazole rings is 1. The summed E-state index contributed by atoms with van der Waals surface area (Å²) < 4.78 is 12.9. The molecule has 0 fully saturated rings. The maximum atomic E-state index is 7.22. The predicted molar refractivity (Wildman–Crippen MR) is 380 cm³/mol. The number of aryl methyl sites for hydroxylation is 1. The Hall–Kier alpha value is -9.87. The van der Waals surface area contributed by atoms with Crippen LogP contribution in [0, 0.1) is 22.9 Å². The van der Waals surface area contributed by atoms with E-state index in [1.807, 2.05) is 12.3 Å². The number of hydrogen-bond donors (Lipinski definition) is 0. The van der Waals surface area contributed by atoms with Crippen LogP contribution in [0.4, 0.5) is 34.3 Å². The van der Waals surface area contributed by atoms with Crippen molar-refractivity contribution in [1.29, 1.82) is 0 Å². The first-order chi connectivity index (χ1) is 44.9. The molecule has 460 valence electrons. The van der Waals surface area contributed by atoms with Crippen LogP contribution in [-0.4, -0.2) is 14.1 Å². The zero-order valence-corrected chi connectivity index (χ0v) is 56.6. The van der Waals surface area contributed by atoms with Gasteiger partial charge in [-0.1, -0.05) is 147 Å². The van der Waals surface area contributed by atoms with Crippen LogP contribution in [0.2, 0.25) is 0 Å². The maximum absolute atomic E-state index is 7.22. The average Bonchev–Trinajstić information content (AvgIpc) is 1.17. The van der Waals surface area contributed by atoms with Gasteiger partial charge in [-0.25, -0.2) is 0 Å². The molecule has 4 heterocycles. The summed E-state index contributed by atoms with van der Waals surface area (Å²) in [6.45, 7) is 22.8. The topological polar surface area (TPSA) is 38.5 Å².